The molecule has 0 aromatic carbocycles. The maximum Gasteiger partial charge on any atom is 0.197 e. The molecule has 2 atom stereocenters. The van der Waals surface area contributed by atoms with Crippen LogP contribution in [0.5, 0.6) is 0 Å². The molecular formula is C16H20IN3O. The molecule has 112 valence electrons. The predicted octanol–water partition coefficient (Wildman–Crippen LogP) is 4.46. The zero-order valence-electron chi connectivity index (χ0n) is 12.6. The van der Waals surface area contributed by atoms with Crippen molar-refractivity contribution in [2.45, 2.75) is 39.0 Å². The van der Waals surface area contributed by atoms with Crippen molar-refractivity contribution in [3.63, 3.8) is 0 Å². The lowest BCUT2D eigenvalue weighted by Gasteiger charge is -2.09. The third-order valence-corrected chi connectivity index (χ3v) is 5.10. The molecule has 1 N–H and O–H groups in total. The Bertz CT molecular complexity index is 653. The van der Waals surface area contributed by atoms with Crippen molar-refractivity contribution in [1.29, 1.82) is 0 Å². The zero-order chi connectivity index (χ0) is 15.0. The molecule has 1 saturated carbocycles. The van der Waals surface area contributed by atoms with Crippen LogP contribution in [0.25, 0.3) is 11.6 Å². The molecule has 5 heteroatoms. The van der Waals surface area contributed by atoms with Crippen LogP contribution in [0.1, 0.15) is 44.1 Å². The highest BCUT2D eigenvalue weighted by atomic mass is 127. The van der Waals surface area contributed by atoms with Gasteiger partial charge >= 0.3 is 0 Å². The van der Waals surface area contributed by atoms with Crippen LogP contribution in [0, 0.1) is 9.49 Å². The Kier molecular flexibility index (Phi) is 4.19. The first-order chi connectivity index (χ1) is 10.1. The van der Waals surface area contributed by atoms with Crippen LogP contribution in [-0.4, -0.2) is 17.0 Å². The highest BCUT2D eigenvalue weighted by Gasteiger charge is 2.36. The molecule has 1 fully saturated rings. The minimum Gasteiger partial charge on any atom is -0.457 e. The molecule has 2 aromatic rings. The topological polar surface area (TPSA) is 51.0 Å². The van der Waals surface area contributed by atoms with E-state index < -0.39 is 0 Å². The molecule has 0 bridgehead atoms. The van der Waals surface area contributed by atoms with Gasteiger partial charge in [-0.1, -0.05) is 20.3 Å². The number of rotatable bonds is 5. The van der Waals surface area contributed by atoms with E-state index in [0.29, 0.717) is 11.7 Å². The first kappa shape index (κ1) is 14.8. The molecule has 4 nitrogen and oxygen atoms in total. The molecule has 0 spiro atoms. The Hall–Kier alpha value is -1.11. The number of hydrogen-bond donors (Lipinski definition) is 1. The van der Waals surface area contributed by atoms with E-state index in [1.807, 2.05) is 13.1 Å². The number of hydrogen-bond acceptors (Lipinski definition) is 4. The maximum atomic E-state index is 5.98. The van der Waals surface area contributed by atoms with E-state index in [2.05, 4.69) is 52.8 Å². The van der Waals surface area contributed by atoms with Gasteiger partial charge in [0.2, 0.25) is 0 Å². The Balaban J connectivity index is 1.97. The second kappa shape index (κ2) is 5.94. The van der Waals surface area contributed by atoms with Gasteiger partial charge in [0, 0.05) is 13.0 Å². The van der Waals surface area contributed by atoms with Gasteiger partial charge in [-0.15, -0.1) is 0 Å². The molecule has 1 aliphatic rings. The van der Waals surface area contributed by atoms with Crippen LogP contribution < -0.4 is 5.32 Å². The zero-order valence-corrected chi connectivity index (χ0v) is 14.8. The average molecular weight is 397 g/mol. The third kappa shape index (κ3) is 2.93. The van der Waals surface area contributed by atoms with E-state index in [0.717, 1.165) is 45.4 Å². The van der Waals surface area contributed by atoms with Gasteiger partial charge in [-0.2, -0.15) is 0 Å². The summed E-state index contributed by atoms with van der Waals surface area (Å²) in [5.74, 6) is 4.73. The van der Waals surface area contributed by atoms with Gasteiger partial charge in [0.05, 0.1) is 9.26 Å². The summed E-state index contributed by atoms with van der Waals surface area (Å²) in [6, 6.07) is 4.07. The monoisotopic (exact) mass is 397 g/mol. The summed E-state index contributed by atoms with van der Waals surface area (Å²) in [6.45, 7) is 4.42. The van der Waals surface area contributed by atoms with Gasteiger partial charge in [0.25, 0.3) is 0 Å². The number of anilines is 1. The Morgan fingerprint density at radius 3 is 2.76 bits per heavy atom. The summed E-state index contributed by atoms with van der Waals surface area (Å²) >= 11 is 2.31. The number of furan rings is 1. The molecule has 0 saturated heterocycles. The van der Waals surface area contributed by atoms with Gasteiger partial charge in [0.1, 0.15) is 11.6 Å². The van der Waals surface area contributed by atoms with E-state index in [-0.39, 0.29) is 0 Å². The fourth-order valence-corrected chi connectivity index (χ4v) is 3.34. The third-order valence-electron chi connectivity index (χ3n) is 3.97. The second-order valence-corrected chi connectivity index (χ2v) is 6.76. The molecule has 21 heavy (non-hydrogen) atoms. The smallest absolute Gasteiger partial charge is 0.197 e. The van der Waals surface area contributed by atoms with Crippen LogP contribution in [0.4, 0.5) is 5.82 Å². The lowest BCUT2D eigenvalue weighted by atomic mass is 10.2. The van der Waals surface area contributed by atoms with Crippen molar-refractivity contribution in [1.82, 2.24) is 9.97 Å². The van der Waals surface area contributed by atoms with Gasteiger partial charge in [-0.25, -0.2) is 9.97 Å². The SMILES string of the molecule is CCCc1nc(-c2ccc(C3CC3C)o2)nc(NC)c1I. The molecule has 0 aliphatic heterocycles. The van der Waals surface area contributed by atoms with Crippen molar-refractivity contribution in [2.75, 3.05) is 12.4 Å². The lowest BCUT2D eigenvalue weighted by Crippen LogP contribution is -2.05. The van der Waals surface area contributed by atoms with Crippen LogP contribution in [0.3, 0.4) is 0 Å². The molecule has 0 radical (unpaired) electrons. The minimum atomic E-state index is 0.585. The predicted molar refractivity (Wildman–Crippen MR) is 92.5 cm³/mol. The molecule has 2 aromatic heterocycles. The van der Waals surface area contributed by atoms with E-state index in [1.165, 1.54) is 6.42 Å². The quantitative estimate of drug-likeness (QED) is 0.757. The van der Waals surface area contributed by atoms with Gasteiger partial charge in [0.15, 0.2) is 11.6 Å². The van der Waals surface area contributed by atoms with Crippen molar-refractivity contribution < 1.29 is 4.42 Å². The Morgan fingerprint density at radius 2 is 2.14 bits per heavy atom. The number of aryl methyl sites for hydroxylation is 1. The van der Waals surface area contributed by atoms with Crippen molar-refractivity contribution in [2.24, 2.45) is 5.92 Å². The molecule has 1 aliphatic carbocycles. The summed E-state index contributed by atoms with van der Waals surface area (Å²) in [6.07, 6.45) is 3.25. The highest BCUT2D eigenvalue weighted by molar-refractivity contribution is 14.1. The van der Waals surface area contributed by atoms with E-state index in [4.69, 9.17) is 9.40 Å². The van der Waals surface area contributed by atoms with Crippen LogP contribution in [0.2, 0.25) is 0 Å². The van der Waals surface area contributed by atoms with Crippen LogP contribution in [-0.2, 0) is 6.42 Å². The van der Waals surface area contributed by atoms with Crippen LogP contribution >= 0.6 is 22.6 Å². The van der Waals surface area contributed by atoms with Crippen molar-refractivity contribution in [3.8, 4) is 11.6 Å². The number of nitrogens with zero attached hydrogens (tertiary/aromatic N) is 2. The largest absolute Gasteiger partial charge is 0.457 e. The molecule has 0 amide bonds. The van der Waals surface area contributed by atoms with E-state index >= 15 is 0 Å². The lowest BCUT2D eigenvalue weighted by molar-refractivity contribution is 0.514. The number of aromatic nitrogens is 2. The standard InChI is InChI=1S/C16H20IN3O/c1-4-5-11-14(17)16(18-3)20-15(19-11)13-7-6-12(21-13)10-8-9(10)2/h6-7,9-10H,4-5,8H2,1-3H3,(H,18,19,20). The number of nitrogens with one attached hydrogen (secondary N) is 1. The second-order valence-electron chi connectivity index (χ2n) is 5.68. The summed E-state index contributed by atoms with van der Waals surface area (Å²) in [5, 5.41) is 3.15. The van der Waals surface area contributed by atoms with E-state index in [9.17, 15) is 0 Å². The Labute approximate surface area is 138 Å². The highest BCUT2D eigenvalue weighted by Crippen LogP contribution is 2.47. The summed E-state index contributed by atoms with van der Waals surface area (Å²) in [7, 11) is 1.89. The van der Waals surface area contributed by atoms with Gasteiger partial charge in [-0.3, -0.25) is 0 Å². The van der Waals surface area contributed by atoms with Gasteiger partial charge in [-0.05, 0) is 53.5 Å². The van der Waals surface area contributed by atoms with E-state index in [1.54, 1.807) is 0 Å². The molecule has 3 rings (SSSR count). The maximum absolute atomic E-state index is 5.98. The average Bonchev–Trinajstić information content (AvgIpc) is 3.02. The summed E-state index contributed by atoms with van der Waals surface area (Å²) in [4.78, 5) is 9.29. The fraction of sp³-hybridized carbons (Fsp3) is 0.500. The molecule has 2 unspecified atom stereocenters. The molecule has 2 heterocycles. The van der Waals surface area contributed by atoms with Crippen LogP contribution in [0.15, 0.2) is 16.5 Å². The van der Waals surface area contributed by atoms with Crippen molar-refractivity contribution in [3.05, 3.63) is 27.2 Å². The molecular weight excluding hydrogens is 377 g/mol. The fourth-order valence-electron chi connectivity index (χ4n) is 2.56. The van der Waals surface area contributed by atoms with Gasteiger partial charge < -0.3 is 9.73 Å². The first-order valence-corrected chi connectivity index (χ1v) is 8.56. The van der Waals surface area contributed by atoms with Crippen molar-refractivity contribution >= 4 is 28.4 Å². The first-order valence-electron chi connectivity index (χ1n) is 7.48. The normalized spacial score (nSPS) is 20.6. The number of halogens is 1. The summed E-state index contributed by atoms with van der Waals surface area (Å²) < 4.78 is 7.08. The minimum absolute atomic E-state index is 0.585. The Morgan fingerprint density at radius 1 is 1.38 bits per heavy atom. The summed E-state index contributed by atoms with van der Waals surface area (Å²) in [5.41, 5.74) is 1.09.